The molecule has 0 aliphatic heterocycles. The van der Waals surface area contributed by atoms with E-state index >= 15 is 0 Å². The molecule has 6 heteroatoms. The van der Waals surface area contributed by atoms with Gasteiger partial charge in [0.15, 0.2) is 0 Å². The number of hydrogen-bond acceptors (Lipinski definition) is 3. The maximum atomic E-state index is 5.28. The van der Waals surface area contributed by atoms with Crippen molar-refractivity contribution < 1.29 is 20.1 Å². The molecule has 0 spiro atoms. The largest absolute Gasteiger partial charge is 0.333 e. The Morgan fingerprint density at radius 1 is 0.689 bits per heavy atom. The summed E-state index contributed by atoms with van der Waals surface area (Å²) in [6, 6.07) is 50.8. The number of fused-ring (bicyclic) bond motifs is 3. The molecule has 9 rings (SSSR count). The molecule has 0 N–H and O–H groups in total. The molecule has 0 aliphatic carbocycles. The fraction of sp³-hybridized carbons (Fsp3) is 0.236. The molecule has 0 saturated carbocycles. The SMILES string of the molecule is CC(C)Cc1cc(-c2[c-]cccc2)ncc1[Si](C)(C)C.CC(C)c1cc(-c2ccccc2)cc(C(C)C)c1-n1c(-c2[c-]sc3cc4ccccc4cc23)nc2ccccc21.[Ir]. The number of benzene rings is 6. The van der Waals surface area contributed by atoms with Gasteiger partial charge in [-0.15, -0.1) is 41.3 Å². The summed E-state index contributed by atoms with van der Waals surface area (Å²) in [4.78, 5) is 9.97. The Hall–Kier alpha value is -4.97. The number of rotatable bonds is 9. The van der Waals surface area contributed by atoms with Gasteiger partial charge in [-0.3, -0.25) is 16.3 Å². The first kappa shape index (κ1) is 44.1. The summed E-state index contributed by atoms with van der Waals surface area (Å²) in [5.74, 6) is 2.29. The predicted molar refractivity (Wildman–Crippen MR) is 262 cm³/mol. The van der Waals surface area contributed by atoms with Crippen molar-refractivity contribution in [1.29, 1.82) is 0 Å². The number of para-hydroxylation sites is 2. The molecule has 6 aromatic carbocycles. The standard InChI is InChI=1S/C37H31N2S.C18H24NSi.Ir/c1-23(2)29-19-28(25-12-6-5-7-13-25)20-30(24(3)4)36(29)39-34-17-11-10-16-33(34)38-37(39)32-22-40-35-21-27-15-9-8-14-26(27)18-31(32)35;1-14(2)11-16-12-17(15-9-7-6-8-10-15)19-13-18(16)20(3,4)5;/h5-21,23-24H,1-4H3;6-9,12-14H,11H2,1-5H3;/q2*-1;. The number of nitrogens with zero attached hydrogens (tertiary/aromatic N) is 3. The van der Waals surface area contributed by atoms with Crippen molar-refractivity contribution in [3.8, 4) is 39.5 Å². The van der Waals surface area contributed by atoms with Gasteiger partial charge < -0.3 is 9.55 Å². The molecule has 9 aromatic rings. The zero-order chi connectivity index (χ0) is 42.1. The Labute approximate surface area is 381 Å². The van der Waals surface area contributed by atoms with Crippen molar-refractivity contribution in [2.75, 3.05) is 0 Å². The topological polar surface area (TPSA) is 30.7 Å². The second kappa shape index (κ2) is 18.6. The summed E-state index contributed by atoms with van der Waals surface area (Å²) < 4.78 is 3.65. The van der Waals surface area contributed by atoms with Crippen LogP contribution in [0.1, 0.15) is 70.1 Å². The third-order valence-electron chi connectivity index (χ3n) is 11.3. The molecule has 311 valence electrons. The van der Waals surface area contributed by atoms with Crippen LogP contribution in [0.25, 0.3) is 71.4 Å². The van der Waals surface area contributed by atoms with E-state index in [1.165, 1.54) is 59.5 Å². The van der Waals surface area contributed by atoms with E-state index in [1.807, 2.05) is 18.2 Å². The Balaban J connectivity index is 0.000000226. The second-order valence-corrected chi connectivity index (χ2v) is 24.0. The average Bonchev–Trinajstić information content (AvgIpc) is 3.83. The van der Waals surface area contributed by atoms with Crippen molar-refractivity contribution in [2.45, 2.75) is 79.4 Å². The quantitative estimate of drug-likeness (QED) is 0.107. The molecule has 0 saturated heterocycles. The van der Waals surface area contributed by atoms with E-state index in [0.717, 1.165) is 40.1 Å². The van der Waals surface area contributed by atoms with E-state index in [1.54, 1.807) is 11.3 Å². The fourth-order valence-electron chi connectivity index (χ4n) is 8.34. The van der Waals surface area contributed by atoms with Gasteiger partial charge in [0.25, 0.3) is 0 Å². The van der Waals surface area contributed by atoms with Gasteiger partial charge in [0.05, 0.1) is 24.9 Å². The van der Waals surface area contributed by atoms with E-state index < -0.39 is 8.07 Å². The summed E-state index contributed by atoms with van der Waals surface area (Å²) in [7, 11) is -1.34. The summed E-state index contributed by atoms with van der Waals surface area (Å²) in [5.41, 5.74) is 13.2. The minimum absolute atomic E-state index is 0. The van der Waals surface area contributed by atoms with Crippen LogP contribution in [-0.2, 0) is 26.5 Å². The third-order valence-corrected chi connectivity index (χ3v) is 14.2. The van der Waals surface area contributed by atoms with Gasteiger partial charge in [0, 0.05) is 32.0 Å². The van der Waals surface area contributed by atoms with Crippen LogP contribution in [0.4, 0.5) is 0 Å². The normalized spacial score (nSPS) is 11.7. The molecular weight excluding hydrogens is 955 g/mol. The predicted octanol–water partition coefficient (Wildman–Crippen LogP) is 15.1. The Morgan fingerprint density at radius 3 is 1.97 bits per heavy atom. The average molecular weight is 1010 g/mol. The van der Waals surface area contributed by atoms with Gasteiger partial charge in [-0.25, -0.2) is 0 Å². The van der Waals surface area contributed by atoms with E-state index in [2.05, 4.69) is 204 Å². The molecule has 0 aliphatic rings. The number of thiophene rings is 1. The molecule has 3 heterocycles. The first-order chi connectivity index (χ1) is 28.9. The second-order valence-electron chi connectivity index (χ2n) is 18.1. The van der Waals surface area contributed by atoms with Gasteiger partial charge in [-0.1, -0.05) is 167 Å². The first-order valence-corrected chi connectivity index (χ1v) is 25.7. The van der Waals surface area contributed by atoms with E-state index in [4.69, 9.17) is 4.98 Å². The van der Waals surface area contributed by atoms with Crippen molar-refractivity contribution in [3.63, 3.8) is 0 Å². The summed E-state index contributed by atoms with van der Waals surface area (Å²) in [6.07, 6.45) is 3.24. The summed E-state index contributed by atoms with van der Waals surface area (Å²) >= 11 is 1.68. The summed E-state index contributed by atoms with van der Waals surface area (Å²) in [6.45, 7) is 20.9. The smallest absolute Gasteiger partial charge is 0.0798 e. The maximum absolute atomic E-state index is 5.28. The number of aromatic nitrogens is 3. The maximum Gasteiger partial charge on any atom is 0.0798 e. The summed E-state index contributed by atoms with van der Waals surface area (Å²) in [5, 5.41) is 8.86. The van der Waals surface area contributed by atoms with E-state index in [0.29, 0.717) is 17.8 Å². The Morgan fingerprint density at radius 2 is 1.33 bits per heavy atom. The van der Waals surface area contributed by atoms with Crippen LogP contribution in [0.2, 0.25) is 19.6 Å². The van der Waals surface area contributed by atoms with Crippen molar-refractivity contribution in [2.24, 2.45) is 5.92 Å². The molecule has 61 heavy (non-hydrogen) atoms. The van der Waals surface area contributed by atoms with Gasteiger partial charge in [-0.05, 0) is 92.3 Å². The molecule has 0 atom stereocenters. The number of imidazole rings is 1. The van der Waals surface area contributed by atoms with Crippen LogP contribution in [0.5, 0.6) is 0 Å². The van der Waals surface area contributed by atoms with Crippen molar-refractivity contribution in [1.82, 2.24) is 14.5 Å². The zero-order valence-corrected chi connectivity index (χ0v) is 41.0. The fourth-order valence-corrected chi connectivity index (χ4v) is 10.8. The van der Waals surface area contributed by atoms with Crippen LogP contribution in [-0.4, -0.2) is 22.6 Å². The molecular formula is C55H55IrN3SSi-2. The number of pyridine rings is 1. The minimum atomic E-state index is -1.34. The zero-order valence-electron chi connectivity index (χ0n) is 36.8. The molecule has 0 fully saturated rings. The molecule has 0 amide bonds. The van der Waals surface area contributed by atoms with Crippen LogP contribution in [0.3, 0.4) is 0 Å². The van der Waals surface area contributed by atoms with Gasteiger partial charge in [-0.2, -0.15) is 0 Å². The van der Waals surface area contributed by atoms with Gasteiger partial charge in [0.1, 0.15) is 0 Å². The van der Waals surface area contributed by atoms with Crippen molar-refractivity contribution in [3.05, 3.63) is 168 Å². The van der Waals surface area contributed by atoms with Gasteiger partial charge >= 0.3 is 0 Å². The molecule has 3 aromatic heterocycles. The van der Waals surface area contributed by atoms with Crippen molar-refractivity contribution >= 4 is 56.5 Å². The molecule has 0 unspecified atom stereocenters. The van der Waals surface area contributed by atoms with Crippen LogP contribution >= 0.6 is 11.3 Å². The van der Waals surface area contributed by atoms with Crippen LogP contribution in [0.15, 0.2) is 140 Å². The van der Waals surface area contributed by atoms with Gasteiger partial charge in [0.2, 0.25) is 0 Å². The third kappa shape index (κ3) is 9.29. The minimum Gasteiger partial charge on any atom is -0.333 e. The van der Waals surface area contributed by atoms with E-state index in [-0.39, 0.29) is 20.1 Å². The molecule has 1 radical (unpaired) electrons. The van der Waals surface area contributed by atoms with Crippen LogP contribution < -0.4 is 5.19 Å². The van der Waals surface area contributed by atoms with E-state index in [9.17, 15) is 0 Å². The molecule has 3 nitrogen and oxygen atoms in total. The Kier molecular flexibility index (Phi) is 13.4. The first-order valence-electron chi connectivity index (χ1n) is 21.4. The molecule has 0 bridgehead atoms. The Bertz CT molecular complexity index is 2890. The monoisotopic (exact) mass is 1010 g/mol. The number of hydrogen-bond donors (Lipinski definition) is 0. The van der Waals surface area contributed by atoms with Crippen LogP contribution in [0, 0.1) is 17.4 Å².